The average molecular weight is 463 g/mol. The van der Waals surface area contributed by atoms with Crippen LogP contribution in [0.15, 0.2) is 77.9 Å². The molecule has 34 heavy (non-hydrogen) atoms. The largest absolute Gasteiger partial charge is 0.488 e. The third-order valence-corrected chi connectivity index (χ3v) is 5.24. The van der Waals surface area contributed by atoms with Crippen LogP contribution in [0.5, 0.6) is 5.75 Å². The molecule has 0 aliphatic heterocycles. The molecular formula is C27H30N2O5. The molecule has 3 rings (SSSR count). The molecule has 0 saturated carbocycles. The Morgan fingerprint density at radius 1 is 0.971 bits per heavy atom. The highest BCUT2D eigenvalue weighted by molar-refractivity contribution is 5.94. The molecular weight excluding hydrogens is 432 g/mol. The number of nitrogens with one attached hydrogen (secondary N) is 1. The minimum Gasteiger partial charge on any atom is -0.488 e. The summed E-state index contributed by atoms with van der Waals surface area (Å²) >= 11 is 0. The van der Waals surface area contributed by atoms with E-state index in [1.165, 1.54) is 12.4 Å². The molecule has 0 bridgehead atoms. The Labute approximate surface area is 199 Å². The van der Waals surface area contributed by atoms with Crippen LogP contribution in [0, 0.1) is 0 Å². The second kappa shape index (κ2) is 12.4. The van der Waals surface area contributed by atoms with Gasteiger partial charge in [0.25, 0.3) is 0 Å². The van der Waals surface area contributed by atoms with E-state index in [1.807, 2.05) is 55.5 Å². The molecule has 1 amide bonds. The molecule has 0 saturated heterocycles. The SMILES string of the molecule is CCCCOc1cn([C@@H](Cc2ccccc2)C(=O)Nc2ccccc2)cc(C(=O)OCC)c1=O. The number of aromatic nitrogens is 1. The van der Waals surface area contributed by atoms with Gasteiger partial charge in [-0.1, -0.05) is 61.9 Å². The van der Waals surface area contributed by atoms with Crippen LogP contribution in [-0.4, -0.2) is 29.7 Å². The number of hydrogen-bond acceptors (Lipinski definition) is 5. The van der Waals surface area contributed by atoms with Crippen molar-refractivity contribution in [2.45, 2.75) is 39.2 Å². The number of esters is 1. The lowest BCUT2D eigenvalue weighted by atomic mass is 10.0. The maximum absolute atomic E-state index is 13.4. The summed E-state index contributed by atoms with van der Waals surface area (Å²) < 4.78 is 12.4. The Bertz CT molecular complexity index is 1140. The summed E-state index contributed by atoms with van der Waals surface area (Å²) in [6.07, 6.45) is 4.87. The minimum atomic E-state index is -0.746. The van der Waals surface area contributed by atoms with Crippen LogP contribution in [0.25, 0.3) is 0 Å². The van der Waals surface area contributed by atoms with E-state index < -0.39 is 17.4 Å². The number of carbonyl (C=O) groups excluding carboxylic acids is 2. The van der Waals surface area contributed by atoms with Crippen molar-refractivity contribution in [1.82, 2.24) is 4.57 Å². The van der Waals surface area contributed by atoms with Crippen LogP contribution in [0.1, 0.15) is 48.7 Å². The number of nitrogens with zero attached hydrogens (tertiary/aromatic N) is 1. The number of carbonyl (C=O) groups is 2. The van der Waals surface area contributed by atoms with Crippen molar-refractivity contribution in [2.24, 2.45) is 0 Å². The van der Waals surface area contributed by atoms with Gasteiger partial charge in [0.15, 0.2) is 5.75 Å². The van der Waals surface area contributed by atoms with Crippen molar-refractivity contribution in [3.63, 3.8) is 0 Å². The molecule has 1 aromatic heterocycles. The number of para-hydroxylation sites is 1. The monoisotopic (exact) mass is 462 g/mol. The van der Waals surface area contributed by atoms with E-state index in [-0.39, 0.29) is 23.8 Å². The number of unbranched alkanes of at least 4 members (excludes halogenated alkanes) is 1. The van der Waals surface area contributed by atoms with E-state index in [0.717, 1.165) is 18.4 Å². The second-order valence-corrected chi connectivity index (χ2v) is 7.80. The first kappa shape index (κ1) is 24.8. The topological polar surface area (TPSA) is 86.6 Å². The first-order valence-corrected chi connectivity index (χ1v) is 11.5. The van der Waals surface area contributed by atoms with Gasteiger partial charge in [-0.2, -0.15) is 0 Å². The number of benzene rings is 2. The molecule has 0 aliphatic rings. The van der Waals surface area contributed by atoms with E-state index in [9.17, 15) is 14.4 Å². The van der Waals surface area contributed by atoms with Crippen LogP contribution in [0.2, 0.25) is 0 Å². The van der Waals surface area contributed by atoms with Gasteiger partial charge in [-0.05, 0) is 31.0 Å². The number of amides is 1. The number of anilines is 1. The third kappa shape index (κ3) is 6.57. The van der Waals surface area contributed by atoms with Gasteiger partial charge in [0.2, 0.25) is 11.3 Å². The van der Waals surface area contributed by atoms with Gasteiger partial charge in [0.05, 0.1) is 19.4 Å². The predicted octanol–water partition coefficient (Wildman–Crippen LogP) is 4.63. The number of ether oxygens (including phenoxy) is 2. The van der Waals surface area contributed by atoms with Crippen molar-refractivity contribution in [1.29, 1.82) is 0 Å². The maximum Gasteiger partial charge on any atom is 0.343 e. The lowest BCUT2D eigenvalue weighted by Gasteiger charge is -2.22. The van der Waals surface area contributed by atoms with Gasteiger partial charge in [-0.3, -0.25) is 9.59 Å². The third-order valence-electron chi connectivity index (χ3n) is 5.24. The molecule has 1 heterocycles. The molecule has 0 fully saturated rings. The fourth-order valence-corrected chi connectivity index (χ4v) is 3.45. The van der Waals surface area contributed by atoms with E-state index >= 15 is 0 Å². The highest BCUT2D eigenvalue weighted by Gasteiger charge is 2.25. The summed E-state index contributed by atoms with van der Waals surface area (Å²) in [7, 11) is 0. The van der Waals surface area contributed by atoms with E-state index in [0.29, 0.717) is 18.7 Å². The molecule has 0 aliphatic carbocycles. The Morgan fingerprint density at radius 2 is 1.65 bits per heavy atom. The van der Waals surface area contributed by atoms with Crippen molar-refractivity contribution in [3.8, 4) is 5.75 Å². The molecule has 7 nitrogen and oxygen atoms in total. The highest BCUT2D eigenvalue weighted by atomic mass is 16.5. The molecule has 0 spiro atoms. The summed E-state index contributed by atoms with van der Waals surface area (Å²) in [6, 6.07) is 17.9. The zero-order valence-electron chi connectivity index (χ0n) is 19.5. The van der Waals surface area contributed by atoms with E-state index in [2.05, 4.69) is 5.32 Å². The average Bonchev–Trinajstić information content (AvgIpc) is 2.85. The fourth-order valence-electron chi connectivity index (χ4n) is 3.45. The van der Waals surface area contributed by atoms with E-state index in [4.69, 9.17) is 9.47 Å². The molecule has 178 valence electrons. The van der Waals surface area contributed by atoms with Crippen molar-refractivity contribution in [2.75, 3.05) is 18.5 Å². The fraction of sp³-hybridized carbons (Fsp3) is 0.296. The standard InChI is InChI=1S/C27H30N2O5/c1-3-5-16-34-24-19-29(18-22(25(24)30)27(32)33-4-2)23(17-20-12-8-6-9-13-20)26(31)28-21-14-10-7-11-15-21/h6-15,18-19,23H,3-5,16-17H2,1-2H3,(H,28,31)/t23-/m0/s1. The van der Waals surface area contributed by atoms with Crippen molar-refractivity contribution < 1.29 is 19.1 Å². The van der Waals surface area contributed by atoms with Gasteiger partial charge in [0.1, 0.15) is 11.6 Å². The van der Waals surface area contributed by atoms with Crippen molar-refractivity contribution in [3.05, 3.63) is 94.4 Å². The molecule has 0 unspecified atom stereocenters. The zero-order chi connectivity index (χ0) is 24.3. The van der Waals surface area contributed by atoms with Crippen LogP contribution in [0.3, 0.4) is 0 Å². The lowest BCUT2D eigenvalue weighted by Crippen LogP contribution is -2.30. The van der Waals surface area contributed by atoms with Crippen LogP contribution in [0.4, 0.5) is 5.69 Å². The predicted molar refractivity (Wildman–Crippen MR) is 131 cm³/mol. The van der Waals surface area contributed by atoms with Gasteiger partial charge in [0, 0.05) is 18.3 Å². The highest BCUT2D eigenvalue weighted by Crippen LogP contribution is 2.21. The molecule has 0 radical (unpaired) electrons. The van der Waals surface area contributed by atoms with Crippen LogP contribution in [-0.2, 0) is 16.0 Å². The quantitative estimate of drug-likeness (QED) is 0.332. The van der Waals surface area contributed by atoms with Crippen LogP contribution >= 0.6 is 0 Å². The first-order chi connectivity index (χ1) is 16.5. The Morgan fingerprint density at radius 3 is 2.29 bits per heavy atom. The lowest BCUT2D eigenvalue weighted by molar-refractivity contribution is -0.119. The second-order valence-electron chi connectivity index (χ2n) is 7.80. The van der Waals surface area contributed by atoms with Crippen LogP contribution < -0.4 is 15.5 Å². The minimum absolute atomic E-state index is 0.0181. The normalized spacial score (nSPS) is 11.5. The summed E-state index contributed by atoms with van der Waals surface area (Å²) in [5.41, 5.74) is 0.867. The molecule has 3 aromatic rings. The molecule has 1 atom stereocenters. The maximum atomic E-state index is 13.4. The first-order valence-electron chi connectivity index (χ1n) is 11.5. The van der Waals surface area contributed by atoms with Gasteiger partial charge in [-0.25, -0.2) is 4.79 Å². The Balaban J connectivity index is 2.05. The van der Waals surface area contributed by atoms with Crippen molar-refractivity contribution >= 4 is 17.6 Å². The number of hydrogen-bond donors (Lipinski definition) is 1. The molecule has 7 heteroatoms. The van der Waals surface area contributed by atoms with Gasteiger partial charge < -0.3 is 19.4 Å². The van der Waals surface area contributed by atoms with E-state index in [1.54, 1.807) is 23.6 Å². The summed E-state index contributed by atoms with van der Waals surface area (Å²) in [4.78, 5) is 38.9. The summed E-state index contributed by atoms with van der Waals surface area (Å²) in [5.74, 6) is -1.01. The van der Waals surface area contributed by atoms with Gasteiger partial charge in [-0.15, -0.1) is 0 Å². The zero-order valence-corrected chi connectivity index (χ0v) is 19.5. The van der Waals surface area contributed by atoms with Gasteiger partial charge >= 0.3 is 5.97 Å². The molecule has 2 aromatic carbocycles. The smallest absolute Gasteiger partial charge is 0.343 e. The Kier molecular flexibility index (Phi) is 9.03. The summed E-state index contributed by atoms with van der Waals surface area (Å²) in [6.45, 7) is 4.14. The Hall–Kier alpha value is -3.87. The summed E-state index contributed by atoms with van der Waals surface area (Å²) in [5, 5.41) is 2.93. The molecule has 1 N–H and O–H groups in total. The number of rotatable bonds is 11. The number of pyridine rings is 1.